The van der Waals surface area contributed by atoms with E-state index >= 15 is 0 Å². The number of nitrogens with one attached hydrogen (secondary N) is 1. The first-order valence-corrected chi connectivity index (χ1v) is 14.8. The van der Waals surface area contributed by atoms with Crippen LogP contribution in [0.2, 0.25) is 0 Å². The second-order valence-electron chi connectivity index (χ2n) is 10.1. The minimum Gasteiger partial charge on any atom is -0.489 e. The van der Waals surface area contributed by atoms with E-state index in [0.717, 1.165) is 83.9 Å². The van der Waals surface area contributed by atoms with E-state index in [1.54, 1.807) is 0 Å². The Balaban J connectivity index is 1.01. The Kier molecular flexibility index (Phi) is 13.0. The van der Waals surface area contributed by atoms with Crippen LogP contribution in [0.3, 0.4) is 0 Å². The Morgan fingerprint density at radius 2 is 0.884 bits per heavy atom. The molecule has 4 rings (SSSR count). The number of hydrogen-bond acceptors (Lipinski definition) is 5. The standard InChI is InChI=1S/C38H41N3O2/c1-3-31-7-11-35(12-8-31)29-42-37-19-15-33(16-20-37)27-40-25-5-23-39-24-6-26-41-28-34-17-21-38(22-18-34)43-30-36-13-9-32(4-2)10-14-36/h3-4,7-22,27-28,39H,1-2,5-6,23-26,29-30H2. The summed E-state index contributed by atoms with van der Waals surface area (Å²) in [6.45, 7) is 12.1. The first kappa shape index (κ1) is 31.2. The summed E-state index contributed by atoms with van der Waals surface area (Å²) >= 11 is 0. The van der Waals surface area contributed by atoms with Gasteiger partial charge in [0.05, 0.1) is 0 Å². The van der Waals surface area contributed by atoms with E-state index in [2.05, 4.69) is 52.7 Å². The predicted molar refractivity (Wildman–Crippen MR) is 182 cm³/mol. The fourth-order valence-corrected chi connectivity index (χ4v) is 4.19. The highest BCUT2D eigenvalue weighted by Crippen LogP contribution is 2.16. The summed E-state index contributed by atoms with van der Waals surface area (Å²) in [6, 6.07) is 32.5. The highest BCUT2D eigenvalue weighted by atomic mass is 16.5. The Morgan fingerprint density at radius 1 is 0.512 bits per heavy atom. The molecule has 43 heavy (non-hydrogen) atoms. The van der Waals surface area contributed by atoms with Crippen LogP contribution in [0.25, 0.3) is 12.2 Å². The number of hydrogen-bond donors (Lipinski definition) is 1. The number of aliphatic imine (C=N–C) groups is 2. The second-order valence-corrected chi connectivity index (χ2v) is 10.1. The fraction of sp³-hybridized carbons (Fsp3) is 0.211. The lowest BCUT2D eigenvalue weighted by Gasteiger charge is -2.07. The summed E-state index contributed by atoms with van der Waals surface area (Å²) in [7, 11) is 0. The van der Waals surface area contributed by atoms with Crippen molar-refractivity contribution in [2.75, 3.05) is 26.2 Å². The van der Waals surface area contributed by atoms with Crippen molar-refractivity contribution >= 4 is 24.6 Å². The zero-order valence-electron chi connectivity index (χ0n) is 24.8. The topological polar surface area (TPSA) is 55.2 Å². The third kappa shape index (κ3) is 11.6. The molecule has 5 heteroatoms. The van der Waals surface area contributed by atoms with Crippen molar-refractivity contribution in [3.8, 4) is 11.5 Å². The molecule has 0 heterocycles. The Bertz CT molecular complexity index is 1330. The highest BCUT2D eigenvalue weighted by molar-refractivity contribution is 5.80. The average Bonchev–Trinajstić information content (AvgIpc) is 3.07. The van der Waals surface area contributed by atoms with Gasteiger partial charge in [0.25, 0.3) is 0 Å². The molecule has 0 bridgehead atoms. The molecule has 0 aliphatic rings. The van der Waals surface area contributed by atoms with Crippen LogP contribution in [-0.4, -0.2) is 38.6 Å². The maximum absolute atomic E-state index is 5.88. The minimum atomic E-state index is 0.543. The molecule has 0 aliphatic heterocycles. The zero-order chi connectivity index (χ0) is 30.0. The summed E-state index contributed by atoms with van der Waals surface area (Å²) in [5.41, 5.74) is 6.63. The van der Waals surface area contributed by atoms with E-state index in [-0.39, 0.29) is 0 Å². The van der Waals surface area contributed by atoms with Gasteiger partial charge < -0.3 is 14.8 Å². The molecular formula is C38H41N3O2. The Hall–Kier alpha value is -4.74. The van der Waals surface area contributed by atoms with Crippen molar-refractivity contribution in [2.24, 2.45) is 9.98 Å². The molecule has 0 radical (unpaired) electrons. The molecule has 0 atom stereocenters. The van der Waals surface area contributed by atoms with Gasteiger partial charge in [0.15, 0.2) is 0 Å². The monoisotopic (exact) mass is 571 g/mol. The molecule has 1 N–H and O–H groups in total. The fourth-order valence-electron chi connectivity index (χ4n) is 4.19. The van der Waals surface area contributed by atoms with Gasteiger partial charge in [0.1, 0.15) is 24.7 Å². The molecule has 0 spiro atoms. The third-order valence-electron chi connectivity index (χ3n) is 6.76. The van der Waals surface area contributed by atoms with Crippen molar-refractivity contribution in [1.29, 1.82) is 0 Å². The molecule has 0 saturated carbocycles. The molecule has 0 unspecified atom stereocenters. The number of rotatable bonds is 18. The minimum absolute atomic E-state index is 0.543. The van der Waals surface area contributed by atoms with Crippen LogP contribution in [0, 0.1) is 0 Å². The van der Waals surface area contributed by atoms with Gasteiger partial charge in [0, 0.05) is 25.5 Å². The third-order valence-corrected chi connectivity index (χ3v) is 6.76. The first-order chi connectivity index (χ1) is 21.2. The highest BCUT2D eigenvalue weighted by Gasteiger charge is 1.99. The smallest absolute Gasteiger partial charge is 0.119 e. The normalized spacial score (nSPS) is 11.2. The molecule has 0 aliphatic carbocycles. The molecular weight excluding hydrogens is 530 g/mol. The molecule has 0 fully saturated rings. The Morgan fingerprint density at radius 3 is 1.26 bits per heavy atom. The van der Waals surface area contributed by atoms with Gasteiger partial charge >= 0.3 is 0 Å². The van der Waals surface area contributed by atoms with Crippen molar-refractivity contribution in [3.05, 3.63) is 144 Å². The number of nitrogens with zero attached hydrogens (tertiary/aromatic N) is 2. The molecule has 220 valence electrons. The zero-order valence-corrected chi connectivity index (χ0v) is 24.8. The maximum Gasteiger partial charge on any atom is 0.119 e. The van der Waals surface area contributed by atoms with E-state index < -0.39 is 0 Å². The van der Waals surface area contributed by atoms with E-state index in [9.17, 15) is 0 Å². The summed E-state index contributed by atoms with van der Waals surface area (Å²) in [4.78, 5) is 9.10. The quantitative estimate of drug-likeness (QED) is 0.0971. The largest absolute Gasteiger partial charge is 0.489 e. The van der Waals surface area contributed by atoms with Crippen LogP contribution < -0.4 is 14.8 Å². The summed E-state index contributed by atoms with van der Waals surface area (Å²) < 4.78 is 11.8. The molecule has 4 aromatic rings. The van der Waals surface area contributed by atoms with Gasteiger partial charge in [-0.15, -0.1) is 0 Å². The van der Waals surface area contributed by atoms with E-state index in [1.165, 1.54) is 0 Å². The van der Waals surface area contributed by atoms with Gasteiger partial charge in [0.2, 0.25) is 0 Å². The number of ether oxygens (including phenoxy) is 2. The van der Waals surface area contributed by atoms with Crippen LogP contribution in [0.4, 0.5) is 0 Å². The summed E-state index contributed by atoms with van der Waals surface area (Å²) in [5.74, 6) is 1.70. The first-order valence-electron chi connectivity index (χ1n) is 14.8. The van der Waals surface area contributed by atoms with E-state index in [4.69, 9.17) is 9.47 Å². The van der Waals surface area contributed by atoms with Gasteiger partial charge in [-0.2, -0.15) is 0 Å². The van der Waals surface area contributed by atoms with Crippen LogP contribution in [0.1, 0.15) is 46.2 Å². The van der Waals surface area contributed by atoms with Crippen LogP contribution in [0.5, 0.6) is 11.5 Å². The van der Waals surface area contributed by atoms with Crippen LogP contribution >= 0.6 is 0 Å². The molecule has 0 saturated heterocycles. The van der Waals surface area contributed by atoms with Gasteiger partial charge in [-0.25, -0.2) is 0 Å². The lowest BCUT2D eigenvalue weighted by atomic mass is 10.1. The lowest BCUT2D eigenvalue weighted by Crippen LogP contribution is -2.18. The average molecular weight is 572 g/mol. The predicted octanol–water partition coefficient (Wildman–Crippen LogP) is 8.04. The molecule has 0 amide bonds. The van der Waals surface area contributed by atoms with Gasteiger partial charge in [-0.05, 0) is 108 Å². The van der Waals surface area contributed by atoms with Crippen molar-refractivity contribution in [3.63, 3.8) is 0 Å². The SMILES string of the molecule is C=Cc1ccc(COc2ccc(C=NCCCNCCCN=Cc3ccc(OCc4ccc(C=C)cc4)cc3)cc2)cc1. The second kappa shape index (κ2) is 17.9. The molecule has 5 nitrogen and oxygen atoms in total. The Labute approximate surface area is 256 Å². The maximum atomic E-state index is 5.88. The number of benzene rings is 4. The molecule has 4 aromatic carbocycles. The van der Waals surface area contributed by atoms with Crippen LogP contribution in [0.15, 0.2) is 120 Å². The van der Waals surface area contributed by atoms with Crippen molar-refractivity contribution < 1.29 is 9.47 Å². The van der Waals surface area contributed by atoms with Gasteiger partial charge in [-0.3, -0.25) is 9.98 Å². The van der Waals surface area contributed by atoms with E-state index in [0.29, 0.717) is 13.2 Å². The molecule has 0 aromatic heterocycles. The lowest BCUT2D eigenvalue weighted by molar-refractivity contribution is 0.306. The summed E-state index contributed by atoms with van der Waals surface area (Å²) in [5, 5.41) is 3.47. The van der Waals surface area contributed by atoms with Crippen molar-refractivity contribution in [2.45, 2.75) is 26.1 Å². The van der Waals surface area contributed by atoms with Crippen LogP contribution in [-0.2, 0) is 13.2 Å². The summed E-state index contributed by atoms with van der Waals surface area (Å²) in [6.07, 6.45) is 9.53. The van der Waals surface area contributed by atoms with E-state index in [1.807, 2.05) is 97.4 Å². The van der Waals surface area contributed by atoms with Gasteiger partial charge in [-0.1, -0.05) is 73.8 Å². The van der Waals surface area contributed by atoms with Crippen molar-refractivity contribution in [1.82, 2.24) is 5.32 Å².